The standard InChI is InChI=1S/C16H25NO2S2/c1-21(18,19)16-10-8-15(9-11-16)20-13-12-17-14-6-4-2-3-5-7-14/h8-11,14,17H,2-7,12-13H2,1H3. The molecule has 0 saturated heterocycles. The molecule has 0 radical (unpaired) electrons. The van der Waals surface area contributed by atoms with Gasteiger partial charge < -0.3 is 5.32 Å². The number of hydrogen-bond acceptors (Lipinski definition) is 4. The first-order chi connectivity index (χ1) is 10.1. The molecule has 0 atom stereocenters. The second kappa shape index (κ2) is 8.20. The largest absolute Gasteiger partial charge is 0.313 e. The summed E-state index contributed by atoms with van der Waals surface area (Å²) in [4.78, 5) is 1.52. The summed E-state index contributed by atoms with van der Waals surface area (Å²) in [6, 6.07) is 7.87. The maximum atomic E-state index is 11.4. The van der Waals surface area contributed by atoms with Gasteiger partial charge in [0, 0.05) is 29.5 Å². The lowest BCUT2D eigenvalue weighted by molar-refractivity contribution is 0.474. The molecule has 0 bridgehead atoms. The molecular formula is C16H25NO2S2. The molecule has 0 amide bonds. The van der Waals surface area contributed by atoms with Crippen molar-refractivity contribution in [2.24, 2.45) is 0 Å². The molecule has 0 aliphatic heterocycles. The summed E-state index contributed by atoms with van der Waals surface area (Å²) in [5, 5.41) is 3.65. The smallest absolute Gasteiger partial charge is 0.175 e. The molecule has 1 aliphatic carbocycles. The fraction of sp³-hybridized carbons (Fsp3) is 0.625. The Morgan fingerprint density at radius 2 is 1.71 bits per heavy atom. The van der Waals surface area contributed by atoms with Crippen molar-refractivity contribution in [2.45, 2.75) is 54.4 Å². The molecule has 1 N–H and O–H groups in total. The van der Waals surface area contributed by atoms with Gasteiger partial charge in [0.05, 0.1) is 4.90 Å². The summed E-state index contributed by atoms with van der Waals surface area (Å²) in [6.07, 6.45) is 9.36. The van der Waals surface area contributed by atoms with Gasteiger partial charge in [-0.1, -0.05) is 25.7 Å². The maximum Gasteiger partial charge on any atom is 0.175 e. The Labute approximate surface area is 132 Å². The summed E-state index contributed by atoms with van der Waals surface area (Å²) in [5.74, 6) is 1.02. The van der Waals surface area contributed by atoms with E-state index in [2.05, 4.69) is 5.32 Å². The highest BCUT2D eigenvalue weighted by Crippen LogP contribution is 2.20. The van der Waals surface area contributed by atoms with E-state index in [1.807, 2.05) is 12.1 Å². The van der Waals surface area contributed by atoms with Crippen LogP contribution in [0.5, 0.6) is 0 Å². The Hall–Kier alpha value is -0.520. The van der Waals surface area contributed by atoms with E-state index in [1.165, 1.54) is 44.8 Å². The normalized spacial score (nSPS) is 17.6. The van der Waals surface area contributed by atoms with Crippen LogP contribution < -0.4 is 5.32 Å². The fourth-order valence-corrected chi connectivity index (χ4v) is 4.11. The van der Waals surface area contributed by atoms with Crippen LogP contribution in [0.15, 0.2) is 34.1 Å². The van der Waals surface area contributed by atoms with E-state index in [-0.39, 0.29) is 0 Å². The topological polar surface area (TPSA) is 46.2 Å². The van der Waals surface area contributed by atoms with E-state index in [9.17, 15) is 8.42 Å². The molecule has 1 aromatic rings. The monoisotopic (exact) mass is 327 g/mol. The Morgan fingerprint density at radius 3 is 2.29 bits per heavy atom. The number of sulfone groups is 1. The highest BCUT2D eigenvalue weighted by molar-refractivity contribution is 7.99. The number of nitrogens with one attached hydrogen (secondary N) is 1. The third-order valence-corrected chi connectivity index (χ3v) is 6.05. The third kappa shape index (κ3) is 6.01. The highest BCUT2D eigenvalue weighted by Gasteiger charge is 2.11. The van der Waals surface area contributed by atoms with E-state index in [0.29, 0.717) is 10.9 Å². The average Bonchev–Trinajstić information content (AvgIpc) is 2.72. The van der Waals surface area contributed by atoms with E-state index in [1.54, 1.807) is 23.9 Å². The quantitative estimate of drug-likeness (QED) is 0.493. The fourth-order valence-electron chi connectivity index (χ4n) is 2.70. The van der Waals surface area contributed by atoms with Crippen LogP contribution in [0.4, 0.5) is 0 Å². The van der Waals surface area contributed by atoms with Crippen LogP contribution in [-0.2, 0) is 9.84 Å². The van der Waals surface area contributed by atoms with Crippen LogP contribution in [0, 0.1) is 0 Å². The van der Waals surface area contributed by atoms with Crippen molar-refractivity contribution >= 4 is 21.6 Å². The van der Waals surface area contributed by atoms with Gasteiger partial charge in [-0.25, -0.2) is 8.42 Å². The molecule has 0 heterocycles. The molecule has 21 heavy (non-hydrogen) atoms. The zero-order valence-corrected chi connectivity index (χ0v) is 14.3. The first kappa shape index (κ1) is 16.8. The highest BCUT2D eigenvalue weighted by atomic mass is 32.2. The average molecular weight is 328 g/mol. The van der Waals surface area contributed by atoms with Crippen LogP contribution in [0.3, 0.4) is 0 Å². The van der Waals surface area contributed by atoms with Crippen molar-refractivity contribution in [3.63, 3.8) is 0 Å². The molecular weight excluding hydrogens is 302 g/mol. The van der Waals surface area contributed by atoms with Crippen molar-refractivity contribution < 1.29 is 8.42 Å². The van der Waals surface area contributed by atoms with E-state index >= 15 is 0 Å². The van der Waals surface area contributed by atoms with Crippen LogP contribution in [0.2, 0.25) is 0 Å². The molecule has 1 saturated carbocycles. The Kier molecular flexibility index (Phi) is 6.58. The van der Waals surface area contributed by atoms with Gasteiger partial charge in [-0.05, 0) is 37.1 Å². The number of thioether (sulfide) groups is 1. The van der Waals surface area contributed by atoms with Gasteiger partial charge in [0.15, 0.2) is 9.84 Å². The molecule has 1 fully saturated rings. The van der Waals surface area contributed by atoms with Gasteiger partial charge in [0.25, 0.3) is 0 Å². The van der Waals surface area contributed by atoms with Gasteiger partial charge in [-0.15, -0.1) is 11.8 Å². The van der Waals surface area contributed by atoms with Gasteiger partial charge in [0.2, 0.25) is 0 Å². The molecule has 0 spiro atoms. The lowest BCUT2D eigenvalue weighted by atomic mass is 10.1. The zero-order valence-electron chi connectivity index (χ0n) is 12.7. The number of hydrogen-bond donors (Lipinski definition) is 1. The molecule has 0 aromatic heterocycles. The van der Waals surface area contributed by atoms with Crippen molar-refractivity contribution in [1.82, 2.24) is 5.32 Å². The molecule has 1 aromatic carbocycles. The lowest BCUT2D eigenvalue weighted by Crippen LogP contribution is -2.30. The SMILES string of the molecule is CS(=O)(=O)c1ccc(SCCNC2CCCCCC2)cc1. The second-order valence-electron chi connectivity index (χ2n) is 5.73. The van der Waals surface area contributed by atoms with Crippen molar-refractivity contribution in [3.8, 4) is 0 Å². The Balaban J connectivity index is 1.71. The van der Waals surface area contributed by atoms with Crippen molar-refractivity contribution in [3.05, 3.63) is 24.3 Å². The summed E-state index contributed by atoms with van der Waals surface area (Å²) in [5.41, 5.74) is 0. The van der Waals surface area contributed by atoms with Crippen LogP contribution in [0.25, 0.3) is 0 Å². The molecule has 118 valence electrons. The zero-order chi connectivity index (χ0) is 15.1. The molecule has 5 heteroatoms. The summed E-state index contributed by atoms with van der Waals surface area (Å²) >= 11 is 1.78. The molecule has 3 nitrogen and oxygen atoms in total. The van der Waals surface area contributed by atoms with Crippen LogP contribution in [-0.4, -0.2) is 33.0 Å². The molecule has 0 unspecified atom stereocenters. The van der Waals surface area contributed by atoms with E-state index < -0.39 is 9.84 Å². The molecule has 2 rings (SSSR count). The van der Waals surface area contributed by atoms with Crippen molar-refractivity contribution in [1.29, 1.82) is 0 Å². The maximum absolute atomic E-state index is 11.4. The number of benzene rings is 1. The van der Waals surface area contributed by atoms with Crippen molar-refractivity contribution in [2.75, 3.05) is 18.6 Å². The van der Waals surface area contributed by atoms with Gasteiger partial charge in [-0.2, -0.15) is 0 Å². The summed E-state index contributed by atoms with van der Waals surface area (Å²) < 4.78 is 22.8. The van der Waals surface area contributed by atoms with E-state index in [0.717, 1.165) is 17.2 Å². The Morgan fingerprint density at radius 1 is 1.10 bits per heavy atom. The second-order valence-corrected chi connectivity index (χ2v) is 8.92. The summed E-state index contributed by atoms with van der Waals surface area (Å²) in [6.45, 7) is 1.02. The van der Waals surface area contributed by atoms with Crippen LogP contribution in [0.1, 0.15) is 38.5 Å². The van der Waals surface area contributed by atoms with Crippen LogP contribution >= 0.6 is 11.8 Å². The van der Waals surface area contributed by atoms with E-state index in [4.69, 9.17) is 0 Å². The first-order valence-electron chi connectivity index (χ1n) is 7.72. The van der Waals surface area contributed by atoms with Gasteiger partial charge >= 0.3 is 0 Å². The minimum atomic E-state index is -3.08. The van der Waals surface area contributed by atoms with Gasteiger partial charge in [-0.3, -0.25) is 0 Å². The van der Waals surface area contributed by atoms with Gasteiger partial charge in [0.1, 0.15) is 0 Å². The third-order valence-electron chi connectivity index (χ3n) is 3.91. The lowest BCUT2D eigenvalue weighted by Gasteiger charge is -2.15. The summed E-state index contributed by atoms with van der Waals surface area (Å²) in [7, 11) is -3.08. The predicted molar refractivity (Wildman–Crippen MR) is 89.8 cm³/mol. The minimum Gasteiger partial charge on any atom is -0.313 e. The molecule has 1 aliphatic rings. The Bertz CT molecular complexity index is 518. The number of rotatable bonds is 6. The predicted octanol–water partition coefficient (Wildman–Crippen LogP) is 3.49. The first-order valence-corrected chi connectivity index (χ1v) is 10.6. The minimum absolute atomic E-state index is 0.392.